The van der Waals surface area contributed by atoms with Gasteiger partial charge in [0, 0.05) is 30.3 Å². The minimum atomic E-state index is 0.0130. The van der Waals surface area contributed by atoms with Gasteiger partial charge in [-0.3, -0.25) is 4.79 Å². The number of carbonyl (C=O) groups is 1. The first kappa shape index (κ1) is 16.9. The molecule has 0 spiro atoms. The largest absolute Gasteiger partial charge is 0.372 e. The van der Waals surface area contributed by atoms with Crippen molar-refractivity contribution in [3.05, 3.63) is 35.2 Å². The Kier molecular flexibility index (Phi) is 5.48. The number of amides is 1. The fraction of sp³-hybridized carbons (Fsp3) is 0.471. The van der Waals surface area contributed by atoms with E-state index in [1.807, 2.05) is 24.0 Å². The molecule has 2 heterocycles. The standard InChI is InChI=1S/C17H20ClN3O3/c1-2-23-11-15(22)21-9-3-4-13(10-21)17-19-16(20-24-17)12-5-7-14(18)8-6-12/h5-8,13H,2-4,9-11H2,1H3/t13-/m1/s1. The highest BCUT2D eigenvalue weighted by molar-refractivity contribution is 6.30. The van der Waals surface area contributed by atoms with E-state index in [1.54, 1.807) is 12.1 Å². The van der Waals surface area contributed by atoms with Gasteiger partial charge in [0.25, 0.3) is 0 Å². The number of piperidine rings is 1. The molecule has 0 saturated carbocycles. The van der Waals surface area contributed by atoms with Gasteiger partial charge in [-0.25, -0.2) is 0 Å². The number of benzene rings is 1. The number of carbonyl (C=O) groups excluding carboxylic acids is 1. The molecule has 1 atom stereocenters. The molecule has 128 valence electrons. The highest BCUT2D eigenvalue weighted by Crippen LogP contribution is 2.28. The Morgan fingerprint density at radius 2 is 2.21 bits per heavy atom. The summed E-state index contributed by atoms with van der Waals surface area (Å²) in [5, 5.41) is 4.72. The van der Waals surface area contributed by atoms with E-state index in [9.17, 15) is 4.79 Å². The molecule has 0 unspecified atom stereocenters. The molecule has 3 rings (SSSR count). The van der Waals surface area contributed by atoms with Crippen molar-refractivity contribution in [2.75, 3.05) is 26.3 Å². The molecule has 2 aromatic rings. The van der Waals surface area contributed by atoms with Crippen molar-refractivity contribution >= 4 is 17.5 Å². The normalized spacial score (nSPS) is 17.9. The first-order valence-corrected chi connectivity index (χ1v) is 8.50. The fourth-order valence-electron chi connectivity index (χ4n) is 2.80. The lowest BCUT2D eigenvalue weighted by Gasteiger charge is -2.30. The second-order valence-electron chi connectivity index (χ2n) is 5.78. The first-order chi connectivity index (χ1) is 11.7. The third-order valence-electron chi connectivity index (χ3n) is 4.10. The predicted molar refractivity (Wildman–Crippen MR) is 89.8 cm³/mol. The van der Waals surface area contributed by atoms with Crippen LogP contribution in [0.1, 0.15) is 31.6 Å². The molecule has 1 aromatic carbocycles. The van der Waals surface area contributed by atoms with E-state index >= 15 is 0 Å². The van der Waals surface area contributed by atoms with Crippen molar-refractivity contribution in [3.63, 3.8) is 0 Å². The minimum Gasteiger partial charge on any atom is -0.372 e. The Hall–Kier alpha value is -1.92. The van der Waals surface area contributed by atoms with Crippen LogP contribution >= 0.6 is 11.6 Å². The summed E-state index contributed by atoms with van der Waals surface area (Å²) in [6.07, 6.45) is 1.85. The molecular formula is C17H20ClN3O3. The highest BCUT2D eigenvalue weighted by atomic mass is 35.5. The molecule has 1 amide bonds. The third kappa shape index (κ3) is 3.94. The number of rotatable bonds is 5. The van der Waals surface area contributed by atoms with Gasteiger partial charge < -0.3 is 14.2 Å². The zero-order chi connectivity index (χ0) is 16.9. The Morgan fingerprint density at radius 1 is 1.42 bits per heavy atom. The van der Waals surface area contributed by atoms with E-state index in [0.29, 0.717) is 29.9 Å². The Labute approximate surface area is 145 Å². The van der Waals surface area contributed by atoms with Gasteiger partial charge in [-0.2, -0.15) is 4.98 Å². The number of aromatic nitrogens is 2. The molecule has 24 heavy (non-hydrogen) atoms. The third-order valence-corrected chi connectivity index (χ3v) is 4.35. The van der Waals surface area contributed by atoms with Crippen molar-refractivity contribution in [2.45, 2.75) is 25.7 Å². The Morgan fingerprint density at radius 3 is 2.96 bits per heavy atom. The molecule has 7 heteroatoms. The number of hydrogen-bond acceptors (Lipinski definition) is 5. The zero-order valence-corrected chi connectivity index (χ0v) is 14.3. The van der Waals surface area contributed by atoms with E-state index in [1.165, 1.54) is 0 Å². The average Bonchev–Trinajstić information content (AvgIpc) is 3.10. The number of halogens is 1. The summed E-state index contributed by atoms with van der Waals surface area (Å²) >= 11 is 5.90. The molecule has 1 fully saturated rings. The molecule has 1 aliphatic rings. The lowest BCUT2D eigenvalue weighted by Crippen LogP contribution is -2.41. The Bertz CT molecular complexity index is 687. The summed E-state index contributed by atoms with van der Waals surface area (Å²) in [6.45, 7) is 3.89. The maximum Gasteiger partial charge on any atom is 0.248 e. The van der Waals surface area contributed by atoms with E-state index in [0.717, 1.165) is 24.9 Å². The lowest BCUT2D eigenvalue weighted by atomic mass is 9.98. The van der Waals surface area contributed by atoms with Crippen molar-refractivity contribution in [1.29, 1.82) is 0 Å². The van der Waals surface area contributed by atoms with Crippen LogP contribution in [0.5, 0.6) is 0 Å². The van der Waals surface area contributed by atoms with Crippen LogP contribution in [-0.4, -0.2) is 47.3 Å². The van der Waals surface area contributed by atoms with Gasteiger partial charge in [-0.1, -0.05) is 16.8 Å². The number of likely N-dealkylation sites (tertiary alicyclic amines) is 1. The van der Waals surface area contributed by atoms with Gasteiger partial charge in [-0.15, -0.1) is 0 Å². The Balaban J connectivity index is 1.68. The second-order valence-corrected chi connectivity index (χ2v) is 6.22. The van der Waals surface area contributed by atoms with E-state index in [4.69, 9.17) is 20.9 Å². The minimum absolute atomic E-state index is 0.0130. The van der Waals surface area contributed by atoms with Gasteiger partial charge >= 0.3 is 0 Å². The van der Waals surface area contributed by atoms with Crippen LogP contribution in [0.25, 0.3) is 11.4 Å². The summed E-state index contributed by atoms with van der Waals surface area (Å²) < 4.78 is 10.6. The number of ether oxygens (including phenoxy) is 1. The molecule has 0 aliphatic carbocycles. The zero-order valence-electron chi connectivity index (χ0n) is 13.6. The quantitative estimate of drug-likeness (QED) is 0.829. The van der Waals surface area contributed by atoms with Gasteiger partial charge in [0.1, 0.15) is 6.61 Å². The summed E-state index contributed by atoms with van der Waals surface area (Å²) in [7, 11) is 0. The predicted octanol–water partition coefficient (Wildman–Crippen LogP) is 3.13. The van der Waals surface area contributed by atoms with Crippen LogP contribution in [0.4, 0.5) is 0 Å². The van der Waals surface area contributed by atoms with Crippen molar-refractivity contribution in [2.24, 2.45) is 0 Å². The SMILES string of the molecule is CCOCC(=O)N1CCC[C@@H](c2nc(-c3ccc(Cl)cc3)no2)C1. The molecule has 1 aliphatic heterocycles. The van der Waals surface area contributed by atoms with Gasteiger partial charge in [0.15, 0.2) is 0 Å². The van der Waals surface area contributed by atoms with Crippen LogP contribution in [0, 0.1) is 0 Å². The summed E-state index contributed by atoms with van der Waals surface area (Å²) in [5.41, 5.74) is 0.856. The maximum absolute atomic E-state index is 12.1. The van der Waals surface area contributed by atoms with Crippen LogP contribution in [0.3, 0.4) is 0 Å². The molecule has 0 radical (unpaired) electrons. The van der Waals surface area contributed by atoms with Crippen LogP contribution < -0.4 is 0 Å². The fourth-order valence-corrected chi connectivity index (χ4v) is 2.93. The van der Waals surface area contributed by atoms with Gasteiger partial charge in [0.2, 0.25) is 17.6 Å². The van der Waals surface area contributed by atoms with Crippen molar-refractivity contribution in [1.82, 2.24) is 15.0 Å². The van der Waals surface area contributed by atoms with Gasteiger partial charge in [-0.05, 0) is 44.0 Å². The van der Waals surface area contributed by atoms with E-state index < -0.39 is 0 Å². The van der Waals surface area contributed by atoms with Crippen molar-refractivity contribution < 1.29 is 14.1 Å². The summed E-state index contributed by atoms with van der Waals surface area (Å²) in [6, 6.07) is 7.30. The topological polar surface area (TPSA) is 68.5 Å². The second kappa shape index (κ2) is 7.77. The number of nitrogens with zero attached hydrogens (tertiary/aromatic N) is 3. The van der Waals surface area contributed by atoms with Crippen molar-refractivity contribution in [3.8, 4) is 11.4 Å². The average molecular weight is 350 g/mol. The molecule has 1 aromatic heterocycles. The summed E-state index contributed by atoms with van der Waals surface area (Å²) in [4.78, 5) is 18.4. The highest BCUT2D eigenvalue weighted by Gasteiger charge is 2.28. The first-order valence-electron chi connectivity index (χ1n) is 8.12. The molecular weight excluding hydrogens is 330 g/mol. The lowest BCUT2D eigenvalue weighted by molar-refractivity contribution is -0.137. The summed E-state index contributed by atoms with van der Waals surface area (Å²) in [5.74, 6) is 1.20. The van der Waals surface area contributed by atoms with E-state index in [2.05, 4.69) is 10.1 Å². The molecule has 1 saturated heterocycles. The number of hydrogen-bond donors (Lipinski definition) is 0. The van der Waals surface area contributed by atoms with Crippen LogP contribution in [0.2, 0.25) is 5.02 Å². The van der Waals surface area contributed by atoms with E-state index in [-0.39, 0.29) is 18.4 Å². The van der Waals surface area contributed by atoms with Crippen LogP contribution in [0.15, 0.2) is 28.8 Å². The molecule has 6 nitrogen and oxygen atoms in total. The maximum atomic E-state index is 12.1. The van der Waals surface area contributed by atoms with Crippen LogP contribution in [-0.2, 0) is 9.53 Å². The molecule has 0 bridgehead atoms. The smallest absolute Gasteiger partial charge is 0.248 e. The van der Waals surface area contributed by atoms with Gasteiger partial charge in [0.05, 0.1) is 5.92 Å². The monoisotopic (exact) mass is 349 g/mol. The molecule has 0 N–H and O–H groups in total.